The molecule has 0 radical (unpaired) electrons. The summed E-state index contributed by atoms with van der Waals surface area (Å²) in [5.74, 6) is 0.214. The van der Waals surface area contributed by atoms with Crippen LogP contribution in [-0.4, -0.2) is 23.8 Å². The molecule has 1 saturated heterocycles. The fraction of sp³-hybridized carbons (Fsp3) is 0.364. The van der Waals surface area contributed by atoms with Crippen LogP contribution in [0.4, 0.5) is 0 Å². The standard InChI is InChI=1S/C11H12O4/c12-7-8-3-1-2-4-9(8)15-10-5-6-14-11(10)13/h1-4,10,12H,5-7H2. The van der Waals surface area contributed by atoms with Crippen LogP contribution in [0.15, 0.2) is 24.3 Å². The summed E-state index contributed by atoms with van der Waals surface area (Å²) in [5.41, 5.74) is 0.678. The van der Waals surface area contributed by atoms with Crippen LogP contribution < -0.4 is 4.74 Å². The molecule has 0 spiro atoms. The van der Waals surface area contributed by atoms with Gasteiger partial charge in [-0.1, -0.05) is 18.2 Å². The Labute approximate surface area is 87.4 Å². The first-order valence-electron chi connectivity index (χ1n) is 4.83. The number of para-hydroxylation sites is 1. The number of benzene rings is 1. The van der Waals surface area contributed by atoms with Gasteiger partial charge < -0.3 is 14.6 Å². The van der Waals surface area contributed by atoms with Gasteiger partial charge in [-0.2, -0.15) is 0 Å². The monoisotopic (exact) mass is 208 g/mol. The van der Waals surface area contributed by atoms with Gasteiger partial charge in [-0.15, -0.1) is 0 Å². The molecule has 1 aromatic carbocycles. The third-order valence-electron chi connectivity index (χ3n) is 2.30. The quantitative estimate of drug-likeness (QED) is 0.749. The lowest BCUT2D eigenvalue weighted by atomic mass is 10.2. The van der Waals surface area contributed by atoms with Crippen LogP contribution in [0, 0.1) is 0 Å². The summed E-state index contributed by atoms with van der Waals surface area (Å²) in [4.78, 5) is 11.2. The van der Waals surface area contributed by atoms with Crippen LogP contribution in [0.25, 0.3) is 0 Å². The number of ether oxygens (including phenoxy) is 2. The summed E-state index contributed by atoms with van der Waals surface area (Å²) in [7, 11) is 0. The van der Waals surface area contributed by atoms with Crippen LogP contribution in [0.1, 0.15) is 12.0 Å². The van der Waals surface area contributed by atoms with Gasteiger partial charge in [0.15, 0.2) is 6.10 Å². The van der Waals surface area contributed by atoms with Crippen LogP contribution in [0.2, 0.25) is 0 Å². The van der Waals surface area contributed by atoms with E-state index in [9.17, 15) is 4.79 Å². The van der Waals surface area contributed by atoms with Crippen LogP contribution in [0.5, 0.6) is 5.75 Å². The maximum Gasteiger partial charge on any atom is 0.347 e. The van der Waals surface area contributed by atoms with Crippen molar-refractivity contribution in [1.29, 1.82) is 0 Å². The number of esters is 1. The topological polar surface area (TPSA) is 55.8 Å². The number of rotatable bonds is 3. The lowest BCUT2D eigenvalue weighted by Crippen LogP contribution is -2.22. The Morgan fingerprint density at radius 3 is 2.93 bits per heavy atom. The predicted octanol–water partition coefficient (Wildman–Crippen LogP) is 0.873. The van der Waals surface area contributed by atoms with Gasteiger partial charge in [-0.25, -0.2) is 4.79 Å². The first-order chi connectivity index (χ1) is 7.31. The second-order valence-corrected chi connectivity index (χ2v) is 3.33. The lowest BCUT2D eigenvalue weighted by Gasteiger charge is -2.12. The molecule has 1 N–H and O–H groups in total. The van der Waals surface area contributed by atoms with Crippen molar-refractivity contribution in [3.05, 3.63) is 29.8 Å². The van der Waals surface area contributed by atoms with E-state index in [2.05, 4.69) is 0 Å². The van der Waals surface area contributed by atoms with Gasteiger partial charge >= 0.3 is 5.97 Å². The van der Waals surface area contributed by atoms with Crippen molar-refractivity contribution >= 4 is 5.97 Å². The maximum atomic E-state index is 11.2. The van der Waals surface area contributed by atoms with Crippen molar-refractivity contribution in [3.63, 3.8) is 0 Å². The summed E-state index contributed by atoms with van der Waals surface area (Å²) in [6.45, 7) is 0.308. The third kappa shape index (κ3) is 2.10. The predicted molar refractivity (Wildman–Crippen MR) is 52.4 cm³/mol. The molecule has 0 bridgehead atoms. The molecule has 1 atom stereocenters. The molecule has 1 aliphatic rings. The Kier molecular flexibility index (Phi) is 2.87. The van der Waals surface area contributed by atoms with Crippen molar-refractivity contribution in [1.82, 2.24) is 0 Å². The molecule has 80 valence electrons. The summed E-state index contributed by atoms with van der Waals surface area (Å²) in [6.07, 6.45) is 0.0381. The fourth-order valence-electron chi connectivity index (χ4n) is 1.49. The zero-order valence-corrected chi connectivity index (χ0v) is 8.18. The van der Waals surface area contributed by atoms with Gasteiger partial charge in [0.05, 0.1) is 13.2 Å². The van der Waals surface area contributed by atoms with Gasteiger partial charge in [-0.3, -0.25) is 0 Å². The highest BCUT2D eigenvalue weighted by molar-refractivity contribution is 5.76. The van der Waals surface area contributed by atoms with Crippen LogP contribution >= 0.6 is 0 Å². The molecule has 0 aliphatic carbocycles. The summed E-state index contributed by atoms with van der Waals surface area (Å²) in [5, 5.41) is 9.06. The minimum atomic E-state index is -0.530. The van der Waals surface area contributed by atoms with E-state index in [4.69, 9.17) is 14.6 Å². The van der Waals surface area contributed by atoms with Crippen LogP contribution in [-0.2, 0) is 16.1 Å². The number of carbonyl (C=O) groups excluding carboxylic acids is 1. The van der Waals surface area contributed by atoms with Gasteiger partial charge in [0.1, 0.15) is 5.75 Å². The van der Waals surface area contributed by atoms with E-state index in [1.54, 1.807) is 18.2 Å². The summed E-state index contributed by atoms with van der Waals surface area (Å²) in [6, 6.07) is 7.10. The molecule has 1 aliphatic heterocycles. The molecule has 0 amide bonds. The van der Waals surface area contributed by atoms with Crippen molar-refractivity contribution in [3.8, 4) is 5.75 Å². The Morgan fingerprint density at radius 1 is 1.47 bits per heavy atom. The fourth-order valence-corrected chi connectivity index (χ4v) is 1.49. The third-order valence-corrected chi connectivity index (χ3v) is 2.30. The molecular weight excluding hydrogens is 196 g/mol. The highest BCUT2D eigenvalue weighted by Gasteiger charge is 2.28. The molecule has 1 unspecified atom stereocenters. The first kappa shape index (κ1) is 9.98. The van der Waals surface area contributed by atoms with E-state index in [0.717, 1.165) is 0 Å². The van der Waals surface area contributed by atoms with E-state index >= 15 is 0 Å². The van der Waals surface area contributed by atoms with Gasteiger partial charge in [0.2, 0.25) is 0 Å². The number of carbonyl (C=O) groups is 1. The van der Waals surface area contributed by atoms with E-state index in [-0.39, 0.29) is 12.6 Å². The average Bonchev–Trinajstić information content (AvgIpc) is 2.65. The number of aliphatic hydroxyl groups is 1. The highest BCUT2D eigenvalue weighted by Crippen LogP contribution is 2.22. The summed E-state index contributed by atoms with van der Waals surface area (Å²) < 4.78 is 10.3. The minimum Gasteiger partial charge on any atom is -0.478 e. The second-order valence-electron chi connectivity index (χ2n) is 3.33. The zero-order chi connectivity index (χ0) is 10.7. The van der Waals surface area contributed by atoms with E-state index in [0.29, 0.717) is 24.3 Å². The SMILES string of the molecule is O=C1OCCC1Oc1ccccc1CO. The summed E-state index contributed by atoms with van der Waals surface area (Å²) >= 11 is 0. The Bertz CT molecular complexity index is 361. The van der Waals surface area contributed by atoms with Gasteiger partial charge in [0, 0.05) is 12.0 Å². The van der Waals surface area contributed by atoms with Crippen molar-refractivity contribution < 1.29 is 19.4 Å². The average molecular weight is 208 g/mol. The van der Waals surface area contributed by atoms with E-state index < -0.39 is 6.10 Å². The molecular formula is C11H12O4. The normalized spacial score (nSPS) is 20.1. The number of hydrogen-bond acceptors (Lipinski definition) is 4. The Balaban J connectivity index is 2.12. The second kappa shape index (κ2) is 4.31. The Morgan fingerprint density at radius 2 is 2.27 bits per heavy atom. The van der Waals surface area contributed by atoms with Crippen molar-refractivity contribution in [2.24, 2.45) is 0 Å². The molecule has 0 aromatic heterocycles. The zero-order valence-electron chi connectivity index (χ0n) is 8.18. The molecule has 1 heterocycles. The largest absolute Gasteiger partial charge is 0.478 e. The smallest absolute Gasteiger partial charge is 0.347 e. The molecule has 1 fully saturated rings. The van der Waals surface area contributed by atoms with Crippen molar-refractivity contribution in [2.45, 2.75) is 19.1 Å². The van der Waals surface area contributed by atoms with Gasteiger partial charge in [-0.05, 0) is 6.07 Å². The first-order valence-corrected chi connectivity index (χ1v) is 4.83. The van der Waals surface area contributed by atoms with E-state index in [1.807, 2.05) is 6.07 Å². The van der Waals surface area contributed by atoms with Crippen molar-refractivity contribution in [2.75, 3.05) is 6.61 Å². The van der Waals surface area contributed by atoms with Gasteiger partial charge in [0.25, 0.3) is 0 Å². The number of aliphatic hydroxyl groups excluding tert-OH is 1. The molecule has 4 nitrogen and oxygen atoms in total. The molecule has 2 rings (SSSR count). The maximum absolute atomic E-state index is 11.2. The number of hydrogen-bond donors (Lipinski definition) is 1. The number of cyclic esters (lactones) is 1. The minimum absolute atomic E-state index is 0.0993. The molecule has 15 heavy (non-hydrogen) atoms. The molecule has 1 aromatic rings. The van der Waals surface area contributed by atoms with E-state index in [1.165, 1.54) is 0 Å². The Hall–Kier alpha value is -1.55. The molecule has 4 heteroatoms. The molecule has 0 saturated carbocycles. The highest BCUT2D eigenvalue weighted by atomic mass is 16.6. The lowest BCUT2D eigenvalue weighted by molar-refractivity contribution is -0.143. The van der Waals surface area contributed by atoms with Crippen LogP contribution in [0.3, 0.4) is 0 Å².